The highest BCUT2D eigenvalue weighted by molar-refractivity contribution is 6.22. The van der Waals surface area contributed by atoms with Crippen LogP contribution in [0.2, 0.25) is 0 Å². The van der Waals surface area contributed by atoms with Crippen LogP contribution in [0.5, 0.6) is 0 Å². The van der Waals surface area contributed by atoms with Crippen LogP contribution < -0.4 is 0 Å². The zero-order valence-electron chi connectivity index (χ0n) is 27.0. The third-order valence-electron chi connectivity index (χ3n) is 10.4. The standard InChI is InChI=1S/C48H28O2/c1-2-11-29(12-3-1)46-37-15-6-8-17-39(37)47(40-18-9-7-16-38(40)46)33-22-24-36-35-23-21-32(27-43(35)49-44(36)28-33)34-19-10-20-41-42-25-30-13-4-5-14-31(30)26-45(42)50-48(34)41/h1-28H. The van der Waals surface area contributed by atoms with Crippen LogP contribution in [0.25, 0.3) is 110 Å². The van der Waals surface area contributed by atoms with Crippen molar-refractivity contribution in [3.63, 3.8) is 0 Å². The van der Waals surface area contributed by atoms with Gasteiger partial charge < -0.3 is 8.83 Å². The molecule has 0 aliphatic heterocycles. The first kappa shape index (κ1) is 27.3. The minimum Gasteiger partial charge on any atom is -0.456 e. The van der Waals surface area contributed by atoms with E-state index >= 15 is 0 Å². The molecule has 2 aromatic heterocycles. The average molecular weight is 637 g/mol. The molecule has 0 bridgehead atoms. The van der Waals surface area contributed by atoms with Gasteiger partial charge in [-0.25, -0.2) is 0 Å². The fraction of sp³-hybridized carbons (Fsp3) is 0. The molecule has 0 radical (unpaired) electrons. The summed E-state index contributed by atoms with van der Waals surface area (Å²) < 4.78 is 13.2. The van der Waals surface area contributed by atoms with Crippen molar-refractivity contribution in [1.29, 1.82) is 0 Å². The Morgan fingerprint density at radius 3 is 1.48 bits per heavy atom. The second kappa shape index (κ2) is 10.4. The van der Waals surface area contributed by atoms with Crippen molar-refractivity contribution in [2.75, 3.05) is 0 Å². The Morgan fingerprint density at radius 2 is 0.800 bits per heavy atom. The van der Waals surface area contributed by atoms with Crippen molar-refractivity contribution < 1.29 is 8.83 Å². The molecule has 11 rings (SSSR count). The van der Waals surface area contributed by atoms with Crippen molar-refractivity contribution in [3.05, 3.63) is 170 Å². The lowest BCUT2D eigenvalue weighted by atomic mass is 9.86. The summed E-state index contributed by atoms with van der Waals surface area (Å²) in [6, 6.07) is 60.7. The van der Waals surface area contributed by atoms with Crippen molar-refractivity contribution in [2.45, 2.75) is 0 Å². The van der Waals surface area contributed by atoms with E-state index in [1.807, 2.05) is 0 Å². The molecule has 0 aliphatic rings. The lowest BCUT2D eigenvalue weighted by Crippen LogP contribution is -1.90. The van der Waals surface area contributed by atoms with Crippen molar-refractivity contribution >= 4 is 76.2 Å². The Hall–Kier alpha value is -6.64. The molecule has 0 N–H and O–H groups in total. The molecule has 2 nitrogen and oxygen atoms in total. The summed E-state index contributed by atoms with van der Waals surface area (Å²) in [6.45, 7) is 0. The fourth-order valence-corrected chi connectivity index (χ4v) is 8.17. The highest BCUT2D eigenvalue weighted by atomic mass is 16.3. The number of para-hydroxylation sites is 1. The molecule has 0 saturated carbocycles. The topological polar surface area (TPSA) is 26.3 Å². The van der Waals surface area contributed by atoms with E-state index in [0.29, 0.717) is 0 Å². The van der Waals surface area contributed by atoms with Gasteiger partial charge in [0, 0.05) is 27.1 Å². The second-order valence-electron chi connectivity index (χ2n) is 13.2. The zero-order valence-corrected chi connectivity index (χ0v) is 27.0. The van der Waals surface area contributed by atoms with Gasteiger partial charge in [-0.15, -0.1) is 0 Å². The zero-order chi connectivity index (χ0) is 32.8. The van der Waals surface area contributed by atoms with Crippen molar-refractivity contribution in [2.24, 2.45) is 0 Å². The van der Waals surface area contributed by atoms with Gasteiger partial charge >= 0.3 is 0 Å². The van der Waals surface area contributed by atoms with E-state index in [9.17, 15) is 0 Å². The maximum Gasteiger partial charge on any atom is 0.143 e. The van der Waals surface area contributed by atoms with Crippen molar-refractivity contribution in [1.82, 2.24) is 0 Å². The molecule has 0 aliphatic carbocycles. The van der Waals surface area contributed by atoms with Crippen LogP contribution in [0.3, 0.4) is 0 Å². The largest absolute Gasteiger partial charge is 0.456 e. The number of furan rings is 2. The Bertz CT molecular complexity index is 3080. The van der Waals surface area contributed by atoms with E-state index < -0.39 is 0 Å². The molecule has 11 aromatic rings. The van der Waals surface area contributed by atoms with E-state index in [4.69, 9.17) is 8.83 Å². The molecule has 0 atom stereocenters. The lowest BCUT2D eigenvalue weighted by molar-refractivity contribution is 0.668. The average Bonchev–Trinajstić information content (AvgIpc) is 3.73. The highest BCUT2D eigenvalue weighted by Gasteiger charge is 2.19. The fourth-order valence-electron chi connectivity index (χ4n) is 8.17. The molecule has 0 fully saturated rings. The first-order chi connectivity index (χ1) is 24.8. The Labute approximate surface area is 287 Å². The van der Waals surface area contributed by atoms with Gasteiger partial charge in [0.15, 0.2) is 0 Å². The van der Waals surface area contributed by atoms with E-state index in [1.54, 1.807) is 0 Å². The minimum atomic E-state index is 0.864. The number of fused-ring (bicyclic) bond motifs is 9. The predicted octanol–water partition coefficient (Wildman–Crippen LogP) is 13.9. The molecular weight excluding hydrogens is 609 g/mol. The first-order valence-electron chi connectivity index (χ1n) is 17.1. The Balaban J connectivity index is 1.09. The third kappa shape index (κ3) is 3.96. The Morgan fingerprint density at radius 1 is 0.280 bits per heavy atom. The van der Waals surface area contributed by atoms with Gasteiger partial charge in [-0.2, -0.15) is 0 Å². The predicted molar refractivity (Wildman–Crippen MR) is 210 cm³/mol. The van der Waals surface area contributed by atoms with Crippen LogP contribution in [-0.2, 0) is 0 Å². The van der Waals surface area contributed by atoms with E-state index in [1.165, 1.54) is 49.0 Å². The SMILES string of the molecule is c1ccc(-c2c3ccccc3c(-c3ccc4c(c3)oc3cc(-c5cccc6c5oc5cc7ccccc7cc56)ccc34)c3ccccc23)cc1. The number of rotatable bonds is 3. The van der Waals surface area contributed by atoms with Gasteiger partial charge in [0.1, 0.15) is 22.3 Å². The quantitative estimate of drug-likeness (QED) is 0.180. The number of hydrogen-bond acceptors (Lipinski definition) is 2. The molecule has 9 aromatic carbocycles. The molecule has 0 spiro atoms. The van der Waals surface area contributed by atoms with Gasteiger partial charge in [-0.1, -0.05) is 133 Å². The van der Waals surface area contributed by atoms with Crippen LogP contribution in [0.15, 0.2) is 179 Å². The third-order valence-corrected chi connectivity index (χ3v) is 10.4. The summed E-state index contributed by atoms with van der Waals surface area (Å²) in [4.78, 5) is 0. The molecular formula is C48H28O2. The molecule has 0 saturated heterocycles. The van der Waals surface area contributed by atoms with E-state index in [2.05, 4.69) is 170 Å². The summed E-state index contributed by atoms with van der Waals surface area (Å²) in [7, 11) is 0. The van der Waals surface area contributed by atoms with Crippen LogP contribution >= 0.6 is 0 Å². The molecule has 2 heteroatoms. The summed E-state index contributed by atoms with van der Waals surface area (Å²) in [5.41, 5.74) is 10.5. The molecule has 2 heterocycles. The smallest absolute Gasteiger partial charge is 0.143 e. The maximum atomic E-state index is 6.69. The summed E-state index contributed by atoms with van der Waals surface area (Å²) in [6.07, 6.45) is 0. The molecule has 0 amide bonds. The van der Waals surface area contributed by atoms with Gasteiger partial charge in [0.05, 0.1) is 0 Å². The van der Waals surface area contributed by atoms with E-state index in [0.717, 1.165) is 60.6 Å². The Kier molecular flexibility index (Phi) is 5.70. The van der Waals surface area contributed by atoms with Crippen LogP contribution in [-0.4, -0.2) is 0 Å². The second-order valence-corrected chi connectivity index (χ2v) is 13.2. The molecule has 0 unspecified atom stereocenters. The molecule has 232 valence electrons. The minimum absolute atomic E-state index is 0.864. The monoisotopic (exact) mass is 636 g/mol. The lowest BCUT2D eigenvalue weighted by Gasteiger charge is -2.17. The van der Waals surface area contributed by atoms with Crippen LogP contribution in [0.4, 0.5) is 0 Å². The summed E-state index contributed by atoms with van der Waals surface area (Å²) in [5, 5.41) is 11.8. The number of benzene rings is 9. The maximum absolute atomic E-state index is 6.69. The van der Waals surface area contributed by atoms with Gasteiger partial charge in [-0.3, -0.25) is 0 Å². The normalized spacial score (nSPS) is 12.0. The van der Waals surface area contributed by atoms with Crippen molar-refractivity contribution in [3.8, 4) is 33.4 Å². The van der Waals surface area contributed by atoms with Gasteiger partial charge in [0.2, 0.25) is 0 Å². The summed E-state index contributed by atoms with van der Waals surface area (Å²) >= 11 is 0. The van der Waals surface area contributed by atoms with Crippen LogP contribution in [0, 0.1) is 0 Å². The number of hydrogen-bond donors (Lipinski definition) is 0. The summed E-state index contributed by atoms with van der Waals surface area (Å²) in [5.74, 6) is 0. The molecule has 50 heavy (non-hydrogen) atoms. The van der Waals surface area contributed by atoms with Gasteiger partial charge in [0.25, 0.3) is 0 Å². The van der Waals surface area contributed by atoms with Gasteiger partial charge in [-0.05, 0) is 96.5 Å². The van der Waals surface area contributed by atoms with Crippen LogP contribution in [0.1, 0.15) is 0 Å². The first-order valence-corrected chi connectivity index (χ1v) is 17.1. The van der Waals surface area contributed by atoms with E-state index in [-0.39, 0.29) is 0 Å². The highest BCUT2D eigenvalue weighted by Crippen LogP contribution is 2.45.